The second-order valence-electron chi connectivity index (χ2n) is 8.91. The number of sulfone groups is 1. The fourth-order valence-electron chi connectivity index (χ4n) is 4.26. The molecule has 2 aromatic rings. The van der Waals surface area contributed by atoms with E-state index in [1.165, 1.54) is 24.3 Å². The molecular formula is C24H24FN3O2S. The van der Waals surface area contributed by atoms with Crippen LogP contribution in [0.4, 0.5) is 10.1 Å². The van der Waals surface area contributed by atoms with Crippen molar-refractivity contribution in [2.45, 2.75) is 38.5 Å². The topological polar surface area (TPSA) is 87.2 Å². The fourth-order valence-corrected chi connectivity index (χ4v) is 6.10. The third-order valence-corrected chi connectivity index (χ3v) is 7.76. The van der Waals surface area contributed by atoms with Gasteiger partial charge in [-0.2, -0.15) is 5.26 Å². The van der Waals surface area contributed by atoms with Crippen LogP contribution in [0.25, 0.3) is 0 Å². The predicted molar refractivity (Wildman–Crippen MR) is 119 cm³/mol. The van der Waals surface area contributed by atoms with Gasteiger partial charge in [-0.1, -0.05) is 45.0 Å². The van der Waals surface area contributed by atoms with E-state index in [1.807, 2.05) is 24.3 Å². The van der Waals surface area contributed by atoms with Gasteiger partial charge in [-0.3, -0.25) is 4.90 Å². The Morgan fingerprint density at radius 1 is 1.10 bits per heavy atom. The summed E-state index contributed by atoms with van der Waals surface area (Å²) < 4.78 is 39.6. The van der Waals surface area contributed by atoms with Gasteiger partial charge in [0.15, 0.2) is 9.84 Å². The lowest BCUT2D eigenvalue weighted by Crippen LogP contribution is -2.34. The van der Waals surface area contributed by atoms with Crippen molar-refractivity contribution in [2.75, 3.05) is 10.7 Å². The number of halogens is 1. The van der Waals surface area contributed by atoms with Crippen LogP contribution in [0.2, 0.25) is 0 Å². The van der Waals surface area contributed by atoms with E-state index in [0.717, 1.165) is 5.56 Å². The number of hydrogen-bond donors (Lipinski definition) is 1. The minimum Gasteiger partial charge on any atom is -0.384 e. The zero-order valence-corrected chi connectivity index (χ0v) is 18.5. The van der Waals surface area contributed by atoms with E-state index >= 15 is 0 Å². The van der Waals surface area contributed by atoms with Gasteiger partial charge in [0.1, 0.15) is 11.6 Å². The zero-order valence-electron chi connectivity index (χ0n) is 17.7. The lowest BCUT2D eigenvalue weighted by molar-refractivity contribution is 0.589. The van der Waals surface area contributed by atoms with Gasteiger partial charge in [-0.25, -0.2) is 12.8 Å². The maximum Gasteiger partial charge on any atom is 0.177 e. The van der Waals surface area contributed by atoms with Gasteiger partial charge < -0.3 is 5.73 Å². The van der Waals surface area contributed by atoms with Crippen molar-refractivity contribution in [1.82, 2.24) is 0 Å². The summed E-state index contributed by atoms with van der Waals surface area (Å²) in [5.74, 6) is -1.03. The number of rotatable bonds is 2. The van der Waals surface area contributed by atoms with Crippen LogP contribution >= 0.6 is 0 Å². The van der Waals surface area contributed by atoms with E-state index < -0.39 is 21.6 Å². The van der Waals surface area contributed by atoms with Gasteiger partial charge in [0, 0.05) is 17.8 Å². The molecule has 2 heterocycles. The lowest BCUT2D eigenvalue weighted by atomic mass is 9.83. The molecular weight excluding hydrogens is 413 g/mol. The van der Waals surface area contributed by atoms with Gasteiger partial charge in [-0.05, 0) is 40.8 Å². The first kappa shape index (κ1) is 21.1. The minimum absolute atomic E-state index is 0.0437. The van der Waals surface area contributed by atoms with E-state index in [2.05, 4.69) is 26.8 Å². The lowest BCUT2D eigenvalue weighted by Gasteiger charge is -2.35. The Morgan fingerprint density at radius 2 is 1.71 bits per heavy atom. The number of nitrogens with zero attached hydrogens (tertiary/aromatic N) is 2. The highest BCUT2D eigenvalue weighted by molar-refractivity contribution is 7.95. The highest BCUT2D eigenvalue weighted by atomic mass is 32.2. The molecule has 160 valence electrons. The SMILES string of the molecule is CC(C)(C)c1ccc([C@@H]2C(C#N)=C(N)N(c3ccc(F)cc3)C3=C2S(=O)(=O)CC3)cc1. The molecule has 0 spiro atoms. The molecule has 2 aliphatic heterocycles. The molecule has 7 heteroatoms. The third-order valence-electron chi connectivity index (χ3n) is 5.88. The van der Waals surface area contributed by atoms with Gasteiger partial charge in [0.25, 0.3) is 0 Å². The van der Waals surface area contributed by atoms with Crippen molar-refractivity contribution in [2.24, 2.45) is 5.73 Å². The Kier molecular flexibility index (Phi) is 4.94. The van der Waals surface area contributed by atoms with Crippen LogP contribution in [0.5, 0.6) is 0 Å². The zero-order chi connectivity index (χ0) is 22.6. The second-order valence-corrected chi connectivity index (χ2v) is 11.0. The van der Waals surface area contributed by atoms with Crippen molar-refractivity contribution in [3.8, 4) is 6.07 Å². The van der Waals surface area contributed by atoms with Crippen LogP contribution in [0, 0.1) is 17.1 Å². The molecule has 2 aliphatic rings. The number of anilines is 1. The molecule has 0 saturated carbocycles. The summed E-state index contributed by atoms with van der Waals surface area (Å²) in [4.78, 5) is 1.80. The van der Waals surface area contributed by atoms with Crippen LogP contribution < -0.4 is 10.6 Å². The standard InChI is InChI=1S/C24H24FN3O2S/c1-24(2,3)16-6-4-15(5-7-16)21-19(14-26)23(27)28(18-10-8-17(25)9-11-18)20-12-13-31(29,30)22(20)21/h4-11,21H,12-13,27H2,1-3H3/t21-/m1/s1. The molecule has 0 aromatic heterocycles. The highest BCUT2D eigenvalue weighted by Crippen LogP contribution is 2.48. The van der Waals surface area contributed by atoms with Gasteiger partial charge in [-0.15, -0.1) is 0 Å². The third kappa shape index (κ3) is 3.51. The number of nitriles is 1. The molecule has 2 aromatic carbocycles. The second kappa shape index (κ2) is 7.24. The maximum absolute atomic E-state index is 13.5. The summed E-state index contributed by atoms with van der Waals surface area (Å²) in [5, 5.41) is 9.98. The molecule has 2 N–H and O–H groups in total. The van der Waals surface area contributed by atoms with E-state index in [4.69, 9.17) is 5.73 Å². The van der Waals surface area contributed by atoms with Crippen molar-refractivity contribution < 1.29 is 12.8 Å². The molecule has 0 unspecified atom stereocenters. The average Bonchev–Trinajstić information content (AvgIpc) is 3.02. The van der Waals surface area contributed by atoms with Crippen LogP contribution in [0.1, 0.15) is 44.2 Å². The van der Waals surface area contributed by atoms with E-state index in [9.17, 15) is 18.1 Å². The smallest absolute Gasteiger partial charge is 0.177 e. The molecule has 0 aliphatic carbocycles. The molecule has 0 saturated heterocycles. The summed E-state index contributed by atoms with van der Waals surface area (Å²) in [6.07, 6.45) is 0.283. The minimum atomic E-state index is -3.58. The molecule has 0 bridgehead atoms. The Labute approximate surface area is 182 Å². The first-order valence-electron chi connectivity index (χ1n) is 10.1. The van der Waals surface area contributed by atoms with Gasteiger partial charge >= 0.3 is 0 Å². The van der Waals surface area contributed by atoms with E-state index in [-0.39, 0.29) is 33.9 Å². The molecule has 0 fully saturated rings. The predicted octanol–water partition coefficient (Wildman–Crippen LogP) is 4.45. The van der Waals surface area contributed by atoms with Crippen LogP contribution in [0.15, 0.2) is 70.5 Å². The summed E-state index contributed by atoms with van der Waals surface area (Å²) in [5.41, 5.74) is 9.46. The summed E-state index contributed by atoms with van der Waals surface area (Å²) in [6, 6.07) is 15.5. The number of hydrogen-bond acceptors (Lipinski definition) is 5. The first-order valence-corrected chi connectivity index (χ1v) is 11.7. The van der Waals surface area contributed by atoms with Crippen molar-refractivity contribution >= 4 is 15.5 Å². The summed E-state index contributed by atoms with van der Waals surface area (Å²) >= 11 is 0. The normalized spacial score (nSPS) is 20.6. The number of benzene rings is 2. The molecule has 5 nitrogen and oxygen atoms in total. The average molecular weight is 438 g/mol. The van der Waals surface area contributed by atoms with Crippen molar-refractivity contribution in [1.29, 1.82) is 5.26 Å². The largest absolute Gasteiger partial charge is 0.384 e. The first-order chi connectivity index (χ1) is 14.5. The Bertz CT molecular complexity index is 1250. The monoisotopic (exact) mass is 437 g/mol. The van der Waals surface area contributed by atoms with Crippen molar-refractivity contribution in [3.63, 3.8) is 0 Å². The summed E-state index contributed by atoms with van der Waals surface area (Å²) in [7, 11) is -3.58. The maximum atomic E-state index is 13.5. The van der Waals surface area contributed by atoms with Crippen LogP contribution in [0.3, 0.4) is 0 Å². The Hall–Kier alpha value is -3.11. The van der Waals surface area contributed by atoms with Gasteiger partial charge in [0.2, 0.25) is 0 Å². The molecule has 31 heavy (non-hydrogen) atoms. The van der Waals surface area contributed by atoms with Crippen LogP contribution in [-0.4, -0.2) is 14.2 Å². The number of nitrogens with two attached hydrogens (primary N) is 1. The Balaban J connectivity index is 1.92. The number of allylic oxidation sites excluding steroid dienone is 3. The highest BCUT2D eigenvalue weighted by Gasteiger charge is 2.45. The molecule has 1 atom stereocenters. The molecule has 0 amide bonds. The van der Waals surface area contributed by atoms with Gasteiger partial charge in [0.05, 0.1) is 28.2 Å². The van der Waals surface area contributed by atoms with E-state index in [0.29, 0.717) is 16.9 Å². The van der Waals surface area contributed by atoms with Crippen LogP contribution in [-0.2, 0) is 15.3 Å². The fraction of sp³-hybridized carbons (Fsp3) is 0.292. The molecule has 4 rings (SSSR count). The summed E-state index contributed by atoms with van der Waals surface area (Å²) in [6.45, 7) is 6.30. The quantitative estimate of drug-likeness (QED) is 0.750. The molecule has 0 radical (unpaired) electrons. The Morgan fingerprint density at radius 3 is 2.26 bits per heavy atom. The van der Waals surface area contributed by atoms with E-state index in [1.54, 1.807) is 4.90 Å². The van der Waals surface area contributed by atoms with Crippen molar-refractivity contribution in [3.05, 3.63) is 87.5 Å².